The zero-order valence-corrected chi connectivity index (χ0v) is 21.2. The topological polar surface area (TPSA) is 27.1 Å². The minimum absolute atomic E-state index is 0.168. The molecule has 0 radical (unpaired) electrons. The second-order valence-corrected chi connectivity index (χ2v) is 15.1. The number of benzene rings is 2. The molecule has 3 rings (SSSR count). The molecule has 2 aromatic carbocycles. The SMILES string of the molecule is C[C@@H](CCc1c(Cl)cc2c(cnn2C)c1CO[Si](C)(C)C(C)(C)C)c1ccccc1. The highest BCUT2D eigenvalue weighted by Gasteiger charge is 2.37. The summed E-state index contributed by atoms with van der Waals surface area (Å²) in [4.78, 5) is 0. The fourth-order valence-electron chi connectivity index (χ4n) is 3.58. The quantitative estimate of drug-likeness (QED) is 0.354. The van der Waals surface area contributed by atoms with Gasteiger partial charge in [-0.25, -0.2) is 0 Å². The van der Waals surface area contributed by atoms with E-state index in [-0.39, 0.29) is 5.04 Å². The smallest absolute Gasteiger partial charge is 0.192 e. The molecule has 5 heteroatoms. The number of hydrogen-bond donors (Lipinski definition) is 0. The lowest BCUT2D eigenvalue weighted by Gasteiger charge is -2.36. The Kier molecular flexibility index (Phi) is 6.80. The zero-order valence-electron chi connectivity index (χ0n) is 19.4. The molecule has 0 N–H and O–H groups in total. The van der Waals surface area contributed by atoms with Gasteiger partial charge in [-0.2, -0.15) is 5.10 Å². The van der Waals surface area contributed by atoms with Gasteiger partial charge in [0.1, 0.15) is 0 Å². The van der Waals surface area contributed by atoms with E-state index < -0.39 is 8.32 Å². The molecule has 1 heterocycles. The molecule has 162 valence electrons. The Bertz CT molecular complexity index is 1010. The molecule has 1 aromatic heterocycles. The average molecular weight is 443 g/mol. The predicted octanol–water partition coefficient (Wildman–Crippen LogP) is 7.48. The third-order valence-corrected chi connectivity index (χ3v) is 11.6. The molecule has 0 aliphatic rings. The van der Waals surface area contributed by atoms with Crippen molar-refractivity contribution in [3.63, 3.8) is 0 Å². The van der Waals surface area contributed by atoms with Crippen molar-refractivity contribution in [2.75, 3.05) is 0 Å². The van der Waals surface area contributed by atoms with Gasteiger partial charge in [0, 0.05) is 17.5 Å². The summed E-state index contributed by atoms with van der Waals surface area (Å²) in [6.45, 7) is 14.3. The van der Waals surface area contributed by atoms with E-state index >= 15 is 0 Å². The van der Waals surface area contributed by atoms with Gasteiger partial charge >= 0.3 is 0 Å². The van der Waals surface area contributed by atoms with Crippen LogP contribution in [-0.4, -0.2) is 18.1 Å². The average Bonchev–Trinajstić information content (AvgIpc) is 3.05. The largest absolute Gasteiger partial charge is 0.413 e. The molecule has 3 aromatic rings. The highest BCUT2D eigenvalue weighted by Crippen LogP contribution is 2.39. The van der Waals surface area contributed by atoms with Gasteiger partial charge in [0.15, 0.2) is 8.32 Å². The van der Waals surface area contributed by atoms with E-state index in [4.69, 9.17) is 16.0 Å². The zero-order chi connectivity index (χ0) is 22.1. The lowest BCUT2D eigenvalue weighted by atomic mass is 9.92. The Morgan fingerprint density at radius 3 is 2.43 bits per heavy atom. The third kappa shape index (κ3) is 4.82. The molecule has 3 nitrogen and oxygen atoms in total. The number of nitrogens with zero attached hydrogens (tertiary/aromatic N) is 2. The Hall–Kier alpha value is -1.62. The molecule has 0 amide bonds. The minimum Gasteiger partial charge on any atom is -0.413 e. The first-order valence-corrected chi connectivity index (χ1v) is 14.1. The lowest BCUT2D eigenvalue weighted by molar-refractivity contribution is 0.276. The molecule has 1 atom stereocenters. The first-order chi connectivity index (χ1) is 14.0. The number of fused-ring (bicyclic) bond motifs is 1. The molecule has 0 saturated heterocycles. The summed E-state index contributed by atoms with van der Waals surface area (Å²) < 4.78 is 8.52. The van der Waals surface area contributed by atoms with Crippen molar-refractivity contribution in [3.05, 3.63) is 64.3 Å². The van der Waals surface area contributed by atoms with Crippen LogP contribution >= 0.6 is 11.6 Å². The lowest BCUT2D eigenvalue weighted by Crippen LogP contribution is -2.40. The summed E-state index contributed by atoms with van der Waals surface area (Å²) in [6.07, 6.45) is 3.93. The molecule has 0 bridgehead atoms. The standard InChI is InChI=1S/C25H35ClN2OSi/c1-18(19-11-9-8-10-12-19)13-14-20-22(17-29-30(6,7)25(2,3)4)21-16-27-28(5)24(21)15-23(20)26/h8-12,15-16,18H,13-14,17H2,1-7H3/t18-/m0/s1. The van der Waals surface area contributed by atoms with Gasteiger partial charge in [0.2, 0.25) is 0 Å². The monoisotopic (exact) mass is 442 g/mol. The predicted molar refractivity (Wildman–Crippen MR) is 131 cm³/mol. The first-order valence-electron chi connectivity index (χ1n) is 10.8. The van der Waals surface area contributed by atoms with Crippen LogP contribution in [0.15, 0.2) is 42.6 Å². The van der Waals surface area contributed by atoms with Crippen LogP contribution in [0.25, 0.3) is 10.9 Å². The van der Waals surface area contributed by atoms with E-state index in [9.17, 15) is 0 Å². The van der Waals surface area contributed by atoms with Gasteiger partial charge in [0.25, 0.3) is 0 Å². The van der Waals surface area contributed by atoms with E-state index in [2.05, 4.69) is 82.3 Å². The van der Waals surface area contributed by atoms with Crippen LogP contribution in [0.4, 0.5) is 0 Å². The van der Waals surface area contributed by atoms with Crippen molar-refractivity contribution in [1.82, 2.24) is 9.78 Å². The van der Waals surface area contributed by atoms with Crippen LogP contribution in [0, 0.1) is 0 Å². The number of rotatable bonds is 7. The normalized spacial score (nSPS) is 13.7. The maximum Gasteiger partial charge on any atom is 0.192 e. The molecule has 0 spiro atoms. The van der Waals surface area contributed by atoms with Gasteiger partial charge in [-0.3, -0.25) is 4.68 Å². The Balaban J connectivity index is 1.93. The van der Waals surface area contributed by atoms with Gasteiger partial charge in [-0.1, -0.05) is 69.6 Å². The maximum atomic E-state index is 6.82. The number of aromatic nitrogens is 2. The highest BCUT2D eigenvalue weighted by molar-refractivity contribution is 6.74. The molecule has 0 fully saturated rings. The maximum absolute atomic E-state index is 6.82. The van der Waals surface area contributed by atoms with Crippen LogP contribution in [0.3, 0.4) is 0 Å². The first kappa shape index (κ1) is 23.0. The summed E-state index contributed by atoms with van der Waals surface area (Å²) >= 11 is 6.82. The van der Waals surface area contributed by atoms with Crippen molar-refractivity contribution in [1.29, 1.82) is 0 Å². The highest BCUT2D eigenvalue weighted by atomic mass is 35.5. The van der Waals surface area contributed by atoms with Gasteiger partial charge < -0.3 is 4.43 Å². The van der Waals surface area contributed by atoms with Crippen molar-refractivity contribution in [3.8, 4) is 0 Å². The summed E-state index contributed by atoms with van der Waals surface area (Å²) in [5.74, 6) is 0.473. The Morgan fingerprint density at radius 2 is 1.80 bits per heavy atom. The van der Waals surface area contributed by atoms with E-state index in [0.717, 1.165) is 28.8 Å². The van der Waals surface area contributed by atoms with E-state index in [0.29, 0.717) is 12.5 Å². The fraction of sp³-hybridized carbons (Fsp3) is 0.480. The summed E-state index contributed by atoms with van der Waals surface area (Å²) in [5, 5.41) is 6.63. The molecular weight excluding hydrogens is 408 g/mol. The van der Waals surface area contributed by atoms with Gasteiger partial charge in [0.05, 0.1) is 18.3 Å². The summed E-state index contributed by atoms with van der Waals surface area (Å²) in [6, 6.07) is 12.8. The molecule has 30 heavy (non-hydrogen) atoms. The second-order valence-electron chi connectivity index (χ2n) is 9.92. The van der Waals surface area contributed by atoms with Crippen LogP contribution in [0.1, 0.15) is 56.7 Å². The molecule has 0 aliphatic heterocycles. The number of halogens is 1. The molecule has 0 aliphatic carbocycles. The van der Waals surface area contributed by atoms with Gasteiger partial charge in [-0.05, 0) is 59.6 Å². The van der Waals surface area contributed by atoms with Crippen molar-refractivity contribution in [2.45, 2.75) is 71.2 Å². The Labute approximate surface area is 187 Å². The van der Waals surface area contributed by atoms with Crippen LogP contribution < -0.4 is 0 Å². The van der Waals surface area contributed by atoms with E-state index in [1.165, 1.54) is 16.7 Å². The molecule has 0 saturated carbocycles. The van der Waals surface area contributed by atoms with Crippen molar-refractivity contribution < 1.29 is 4.43 Å². The summed E-state index contributed by atoms with van der Waals surface area (Å²) in [5.41, 5.74) is 4.85. The van der Waals surface area contributed by atoms with E-state index in [1.54, 1.807) is 0 Å². The number of aryl methyl sites for hydroxylation is 1. The third-order valence-electron chi connectivity index (χ3n) is 6.81. The second kappa shape index (κ2) is 8.86. The minimum atomic E-state index is -1.88. The van der Waals surface area contributed by atoms with E-state index in [1.807, 2.05) is 17.9 Å². The van der Waals surface area contributed by atoms with Crippen LogP contribution in [0.5, 0.6) is 0 Å². The van der Waals surface area contributed by atoms with Crippen LogP contribution in [0.2, 0.25) is 23.2 Å². The summed E-state index contributed by atoms with van der Waals surface area (Å²) in [7, 11) is 0.0903. The Morgan fingerprint density at radius 1 is 1.13 bits per heavy atom. The molecular formula is C25H35ClN2OSi. The van der Waals surface area contributed by atoms with Crippen LogP contribution in [-0.2, 0) is 24.5 Å². The van der Waals surface area contributed by atoms with Crippen molar-refractivity contribution >= 4 is 30.8 Å². The molecule has 0 unspecified atom stereocenters. The fourth-order valence-corrected chi connectivity index (χ4v) is 4.83. The van der Waals surface area contributed by atoms with Gasteiger partial charge in [-0.15, -0.1) is 0 Å². The van der Waals surface area contributed by atoms with Crippen molar-refractivity contribution in [2.24, 2.45) is 7.05 Å². The number of hydrogen-bond acceptors (Lipinski definition) is 2.